The highest BCUT2D eigenvalue weighted by Gasteiger charge is 2.08. The molecule has 3 rings (SSSR count). The molecule has 0 aliphatic heterocycles. The van der Waals surface area contributed by atoms with Crippen molar-refractivity contribution in [1.82, 2.24) is 4.98 Å². The van der Waals surface area contributed by atoms with Crippen LogP contribution >= 0.6 is 11.3 Å². The number of rotatable bonds is 6. The summed E-state index contributed by atoms with van der Waals surface area (Å²) in [6.45, 7) is 6.47. The van der Waals surface area contributed by atoms with Crippen LogP contribution in [0.25, 0.3) is 17.3 Å². The van der Waals surface area contributed by atoms with Crippen molar-refractivity contribution in [2.24, 2.45) is 0 Å². The fourth-order valence-electron chi connectivity index (χ4n) is 2.68. The second-order valence-corrected chi connectivity index (χ2v) is 7.56. The van der Waals surface area contributed by atoms with Crippen LogP contribution in [-0.4, -0.2) is 10.9 Å². The Morgan fingerprint density at radius 1 is 1.15 bits per heavy atom. The summed E-state index contributed by atoms with van der Waals surface area (Å²) in [6.07, 6.45) is 4.46. The Hall–Kier alpha value is -2.72. The number of nitrogens with one attached hydrogen (secondary N) is 1. The summed E-state index contributed by atoms with van der Waals surface area (Å²) in [6, 6.07) is 16.5. The smallest absolute Gasteiger partial charge is 0.250 e. The minimum Gasteiger partial charge on any atom is -0.298 e. The zero-order valence-corrected chi connectivity index (χ0v) is 16.7. The third-order valence-electron chi connectivity index (χ3n) is 4.63. The van der Waals surface area contributed by atoms with Crippen LogP contribution in [0.2, 0.25) is 0 Å². The number of amides is 1. The topological polar surface area (TPSA) is 42.0 Å². The van der Waals surface area contributed by atoms with Crippen LogP contribution < -0.4 is 5.32 Å². The van der Waals surface area contributed by atoms with Crippen LogP contribution in [0.4, 0.5) is 5.13 Å². The highest BCUT2D eigenvalue weighted by Crippen LogP contribution is 2.27. The molecule has 0 bridgehead atoms. The van der Waals surface area contributed by atoms with E-state index in [2.05, 4.69) is 48.4 Å². The molecule has 1 atom stereocenters. The molecule has 1 aromatic heterocycles. The molecular formula is C23H24N2OS. The lowest BCUT2D eigenvalue weighted by molar-refractivity contribution is -0.111. The van der Waals surface area contributed by atoms with Crippen molar-refractivity contribution >= 4 is 28.5 Å². The molecule has 27 heavy (non-hydrogen) atoms. The van der Waals surface area contributed by atoms with Gasteiger partial charge in [0.25, 0.3) is 0 Å². The monoisotopic (exact) mass is 376 g/mol. The van der Waals surface area contributed by atoms with Crippen molar-refractivity contribution in [3.8, 4) is 11.3 Å². The van der Waals surface area contributed by atoms with Crippen LogP contribution in [0.1, 0.15) is 42.9 Å². The number of aromatic nitrogens is 1. The van der Waals surface area contributed by atoms with Gasteiger partial charge in [-0.15, -0.1) is 11.3 Å². The van der Waals surface area contributed by atoms with Gasteiger partial charge < -0.3 is 0 Å². The normalized spacial score (nSPS) is 12.3. The van der Waals surface area contributed by atoms with Crippen molar-refractivity contribution in [2.75, 3.05) is 5.32 Å². The van der Waals surface area contributed by atoms with Crippen LogP contribution in [0.5, 0.6) is 0 Å². The van der Waals surface area contributed by atoms with Crippen molar-refractivity contribution < 1.29 is 4.79 Å². The lowest BCUT2D eigenvalue weighted by Crippen LogP contribution is -2.07. The summed E-state index contributed by atoms with van der Waals surface area (Å²) in [5, 5.41) is 5.41. The molecule has 1 unspecified atom stereocenters. The van der Waals surface area contributed by atoms with Gasteiger partial charge >= 0.3 is 0 Å². The molecule has 1 heterocycles. The van der Waals surface area contributed by atoms with E-state index in [4.69, 9.17) is 0 Å². The average Bonchev–Trinajstić information content (AvgIpc) is 3.15. The maximum Gasteiger partial charge on any atom is 0.250 e. The second kappa shape index (κ2) is 8.78. The van der Waals surface area contributed by atoms with Gasteiger partial charge in [0.2, 0.25) is 5.91 Å². The molecule has 0 radical (unpaired) electrons. The predicted octanol–water partition coefficient (Wildman–Crippen LogP) is 6.28. The number of benzene rings is 2. The highest BCUT2D eigenvalue weighted by atomic mass is 32.1. The Morgan fingerprint density at radius 3 is 2.52 bits per heavy atom. The Labute approximate surface area is 164 Å². The Kier molecular flexibility index (Phi) is 6.20. The molecule has 0 spiro atoms. The fourth-order valence-corrected chi connectivity index (χ4v) is 3.40. The van der Waals surface area contributed by atoms with Crippen molar-refractivity contribution in [1.29, 1.82) is 0 Å². The molecular weight excluding hydrogens is 352 g/mol. The van der Waals surface area contributed by atoms with E-state index >= 15 is 0 Å². The van der Waals surface area contributed by atoms with Crippen molar-refractivity contribution in [2.45, 2.75) is 33.1 Å². The molecule has 0 saturated carbocycles. The van der Waals surface area contributed by atoms with Crippen LogP contribution in [0, 0.1) is 6.92 Å². The van der Waals surface area contributed by atoms with Crippen molar-refractivity contribution in [3.63, 3.8) is 0 Å². The molecule has 3 nitrogen and oxygen atoms in total. The summed E-state index contributed by atoms with van der Waals surface area (Å²) >= 11 is 1.43. The number of anilines is 1. The van der Waals surface area contributed by atoms with Gasteiger partial charge in [-0.25, -0.2) is 4.98 Å². The number of hydrogen-bond acceptors (Lipinski definition) is 3. The number of carbonyl (C=O) groups is 1. The van der Waals surface area contributed by atoms with Gasteiger partial charge in [0, 0.05) is 17.0 Å². The van der Waals surface area contributed by atoms with E-state index in [1.165, 1.54) is 28.5 Å². The van der Waals surface area contributed by atoms with Gasteiger partial charge in [0.05, 0.1) is 5.69 Å². The van der Waals surface area contributed by atoms with Gasteiger partial charge in [0.1, 0.15) is 0 Å². The van der Waals surface area contributed by atoms with Crippen LogP contribution in [-0.2, 0) is 4.79 Å². The maximum absolute atomic E-state index is 12.1. The molecule has 1 N–H and O–H groups in total. The summed E-state index contributed by atoms with van der Waals surface area (Å²) in [5.41, 5.74) is 5.48. The van der Waals surface area contributed by atoms with E-state index in [9.17, 15) is 4.79 Å². The summed E-state index contributed by atoms with van der Waals surface area (Å²) < 4.78 is 0. The Morgan fingerprint density at radius 2 is 1.85 bits per heavy atom. The van der Waals surface area contributed by atoms with E-state index in [-0.39, 0.29) is 5.91 Å². The van der Waals surface area contributed by atoms with Gasteiger partial charge in [-0.2, -0.15) is 0 Å². The predicted molar refractivity (Wildman–Crippen MR) is 115 cm³/mol. The third-order valence-corrected chi connectivity index (χ3v) is 5.38. The van der Waals surface area contributed by atoms with E-state index < -0.39 is 0 Å². The molecule has 138 valence electrons. The van der Waals surface area contributed by atoms with Gasteiger partial charge in [-0.1, -0.05) is 67.9 Å². The number of hydrogen-bond donors (Lipinski definition) is 1. The first kappa shape index (κ1) is 19.1. The third kappa shape index (κ3) is 5.14. The molecule has 4 heteroatoms. The minimum absolute atomic E-state index is 0.177. The van der Waals surface area contributed by atoms with Gasteiger partial charge in [-0.3, -0.25) is 10.1 Å². The number of aryl methyl sites for hydroxylation is 1. The van der Waals surface area contributed by atoms with Crippen LogP contribution in [0.15, 0.2) is 60.0 Å². The SMILES string of the molecule is CCC(C)c1ccc(-c2csc(NC(=O)/C=C/c3ccc(C)cc3)n2)cc1. The van der Waals surface area contributed by atoms with E-state index in [1.54, 1.807) is 6.08 Å². The molecule has 0 saturated heterocycles. The second-order valence-electron chi connectivity index (χ2n) is 6.70. The first-order valence-corrected chi connectivity index (χ1v) is 10.0. The van der Waals surface area contributed by atoms with E-state index in [1.807, 2.05) is 36.6 Å². The average molecular weight is 377 g/mol. The maximum atomic E-state index is 12.1. The van der Waals surface area contributed by atoms with Gasteiger partial charge in [0.15, 0.2) is 5.13 Å². The number of thiazole rings is 1. The molecule has 0 aliphatic carbocycles. The zero-order valence-electron chi connectivity index (χ0n) is 15.9. The van der Waals surface area contributed by atoms with Gasteiger partial charge in [-0.05, 0) is 36.5 Å². The largest absolute Gasteiger partial charge is 0.298 e. The van der Waals surface area contributed by atoms with E-state index in [0.717, 1.165) is 23.2 Å². The number of nitrogens with zero attached hydrogens (tertiary/aromatic N) is 1. The molecule has 0 fully saturated rings. The van der Waals surface area contributed by atoms with Crippen molar-refractivity contribution in [3.05, 3.63) is 76.7 Å². The van der Waals surface area contributed by atoms with Crippen LogP contribution in [0.3, 0.4) is 0 Å². The summed E-state index contributed by atoms with van der Waals surface area (Å²) in [5.74, 6) is 0.383. The highest BCUT2D eigenvalue weighted by molar-refractivity contribution is 7.14. The lowest BCUT2D eigenvalue weighted by Gasteiger charge is -2.08. The molecule has 2 aromatic carbocycles. The minimum atomic E-state index is -0.177. The Bertz CT molecular complexity index is 924. The fraction of sp³-hybridized carbons (Fsp3) is 0.217. The zero-order chi connectivity index (χ0) is 19.2. The Balaban J connectivity index is 1.63. The molecule has 3 aromatic rings. The molecule has 0 aliphatic rings. The first-order valence-electron chi connectivity index (χ1n) is 9.16. The quantitative estimate of drug-likeness (QED) is 0.514. The number of carbonyl (C=O) groups excluding carboxylic acids is 1. The molecule has 1 amide bonds. The first-order chi connectivity index (χ1) is 13.0. The lowest BCUT2D eigenvalue weighted by atomic mass is 9.97. The van der Waals surface area contributed by atoms with E-state index in [0.29, 0.717) is 11.0 Å². The summed E-state index contributed by atoms with van der Waals surface area (Å²) in [7, 11) is 0. The standard InChI is InChI=1S/C23H24N2OS/c1-4-17(3)19-10-12-20(13-11-19)21-15-27-23(24-21)25-22(26)14-9-18-7-5-16(2)6-8-18/h5-15,17H,4H2,1-3H3,(H,24,25,26)/b14-9+. The summed E-state index contributed by atoms with van der Waals surface area (Å²) in [4.78, 5) is 16.7.